The fourth-order valence-electron chi connectivity index (χ4n) is 1.72. The first kappa shape index (κ1) is 15.9. The Morgan fingerprint density at radius 2 is 2.25 bits per heavy atom. The number of carbonyl (C=O) groups is 1. The number of nitro groups is 1. The van der Waals surface area contributed by atoms with Crippen LogP contribution in [0.5, 0.6) is 0 Å². The van der Waals surface area contributed by atoms with Crippen molar-refractivity contribution in [3.8, 4) is 6.07 Å². The summed E-state index contributed by atoms with van der Waals surface area (Å²) in [5, 5.41) is 19.4. The maximum absolute atomic E-state index is 12.3. The summed E-state index contributed by atoms with van der Waals surface area (Å²) < 4.78 is 0. The number of nitrogens with zero attached hydrogens (tertiary/aromatic N) is 3. The van der Waals surface area contributed by atoms with Gasteiger partial charge in [0.15, 0.2) is 0 Å². The predicted molar refractivity (Wildman–Crippen MR) is 74.5 cm³/mol. The molecule has 0 radical (unpaired) electrons. The minimum Gasteiger partial charge on any atom is -0.338 e. The number of halogens is 1. The normalized spacial score (nSPS) is 11.5. The van der Waals surface area contributed by atoms with Crippen molar-refractivity contribution in [2.75, 3.05) is 13.1 Å². The second-order valence-electron chi connectivity index (χ2n) is 4.27. The zero-order valence-corrected chi connectivity index (χ0v) is 11.9. The SMILES string of the molecule is CCN(CC(C)C#N)C(=O)c1cccc([N+](=O)[O-])c1Cl. The lowest BCUT2D eigenvalue weighted by Gasteiger charge is -2.22. The van der Waals surface area contributed by atoms with Gasteiger partial charge >= 0.3 is 0 Å². The number of nitriles is 1. The first-order valence-corrected chi connectivity index (χ1v) is 6.41. The van der Waals surface area contributed by atoms with Gasteiger partial charge in [0.2, 0.25) is 0 Å². The van der Waals surface area contributed by atoms with E-state index in [-0.39, 0.29) is 28.7 Å². The van der Waals surface area contributed by atoms with Crippen molar-refractivity contribution in [3.63, 3.8) is 0 Å². The van der Waals surface area contributed by atoms with E-state index in [4.69, 9.17) is 16.9 Å². The molecule has 0 aliphatic heterocycles. The summed E-state index contributed by atoms with van der Waals surface area (Å²) in [6.45, 7) is 4.12. The molecule has 20 heavy (non-hydrogen) atoms. The molecule has 1 amide bonds. The maximum atomic E-state index is 12.3. The molecule has 0 spiro atoms. The van der Waals surface area contributed by atoms with Crippen LogP contribution < -0.4 is 0 Å². The molecule has 0 bridgehead atoms. The van der Waals surface area contributed by atoms with Gasteiger partial charge < -0.3 is 4.90 Å². The van der Waals surface area contributed by atoms with Gasteiger partial charge in [-0.2, -0.15) is 5.26 Å². The van der Waals surface area contributed by atoms with Crippen LogP contribution in [0.3, 0.4) is 0 Å². The maximum Gasteiger partial charge on any atom is 0.288 e. The first-order chi connectivity index (χ1) is 9.42. The molecule has 1 aromatic rings. The summed E-state index contributed by atoms with van der Waals surface area (Å²) in [6.07, 6.45) is 0. The largest absolute Gasteiger partial charge is 0.338 e. The van der Waals surface area contributed by atoms with Gasteiger partial charge in [0, 0.05) is 19.2 Å². The van der Waals surface area contributed by atoms with Crippen LogP contribution in [-0.2, 0) is 0 Å². The van der Waals surface area contributed by atoms with Gasteiger partial charge in [0.05, 0.1) is 22.5 Å². The molecule has 106 valence electrons. The molecule has 0 saturated carbocycles. The highest BCUT2D eigenvalue weighted by molar-refractivity contribution is 6.35. The third-order valence-corrected chi connectivity index (χ3v) is 3.19. The molecule has 1 aromatic carbocycles. The van der Waals surface area contributed by atoms with E-state index in [0.29, 0.717) is 6.54 Å². The number of hydrogen-bond donors (Lipinski definition) is 0. The summed E-state index contributed by atoms with van der Waals surface area (Å²) >= 11 is 5.92. The van der Waals surface area contributed by atoms with Gasteiger partial charge in [0.1, 0.15) is 5.02 Å². The summed E-state index contributed by atoms with van der Waals surface area (Å²) in [5.41, 5.74) is -0.227. The molecule has 1 unspecified atom stereocenters. The average Bonchev–Trinajstić information content (AvgIpc) is 2.43. The summed E-state index contributed by atoms with van der Waals surface area (Å²) in [5.74, 6) is -0.736. The van der Waals surface area contributed by atoms with Crippen LogP contribution >= 0.6 is 11.6 Å². The lowest BCUT2D eigenvalue weighted by molar-refractivity contribution is -0.384. The molecule has 6 nitrogen and oxygen atoms in total. The zero-order chi connectivity index (χ0) is 15.3. The highest BCUT2D eigenvalue weighted by Crippen LogP contribution is 2.28. The number of carbonyl (C=O) groups excluding carboxylic acids is 1. The summed E-state index contributed by atoms with van der Waals surface area (Å²) in [6, 6.07) is 6.15. The van der Waals surface area contributed by atoms with Crippen molar-refractivity contribution >= 4 is 23.2 Å². The Bertz CT molecular complexity index is 568. The number of rotatable bonds is 5. The summed E-state index contributed by atoms with van der Waals surface area (Å²) in [7, 11) is 0. The molecule has 0 aliphatic carbocycles. The van der Waals surface area contributed by atoms with Crippen molar-refractivity contribution < 1.29 is 9.72 Å². The first-order valence-electron chi connectivity index (χ1n) is 6.04. The van der Waals surface area contributed by atoms with E-state index in [2.05, 4.69) is 0 Å². The average molecular weight is 296 g/mol. The lowest BCUT2D eigenvalue weighted by Crippen LogP contribution is -2.34. The zero-order valence-electron chi connectivity index (χ0n) is 11.2. The Labute approximate surface area is 121 Å². The lowest BCUT2D eigenvalue weighted by atomic mass is 10.1. The molecule has 7 heteroatoms. The van der Waals surface area contributed by atoms with Crippen LogP contribution in [-0.4, -0.2) is 28.8 Å². The second-order valence-corrected chi connectivity index (χ2v) is 4.65. The number of hydrogen-bond acceptors (Lipinski definition) is 4. The van der Waals surface area contributed by atoms with E-state index in [1.807, 2.05) is 6.07 Å². The predicted octanol–water partition coefficient (Wildman–Crippen LogP) is 2.87. The molecule has 0 saturated heterocycles. The highest BCUT2D eigenvalue weighted by atomic mass is 35.5. The van der Waals surface area contributed by atoms with Crippen LogP contribution in [0.4, 0.5) is 5.69 Å². The smallest absolute Gasteiger partial charge is 0.288 e. The minimum atomic E-state index is -0.632. The molecule has 1 atom stereocenters. The van der Waals surface area contributed by atoms with Gasteiger partial charge in [-0.3, -0.25) is 14.9 Å². The van der Waals surface area contributed by atoms with Gasteiger partial charge in [0.25, 0.3) is 11.6 Å². The molecular formula is C13H14ClN3O3. The Balaban J connectivity index is 3.11. The van der Waals surface area contributed by atoms with Crippen molar-refractivity contribution in [1.82, 2.24) is 4.90 Å². The molecule has 1 rings (SSSR count). The van der Waals surface area contributed by atoms with E-state index in [1.165, 1.54) is 23.1 Å². The molecule has 0 N–H and O–H groups in total. The van der Waals surface area contributed by atoms with Crippen LogP contribution in [0.2, 0.25) is 5.02 Å². The van der Waals surface area contributed by atoms with Gasteiger partial charge in [-0.25, -0.2) is 0 Å². The van der Waals surface area contributed by atoms with Crippen molar-refractivity contribution in [3.05, 3.63) is 38.9 Å². The molecule has 0 aliphatic rings. The number of amides is 1. The Morgan fingerprint density at radius 3 is 2.75 bits per heavy atom. The fraction of sp³-hybridized carbons (Fsp3) is 0.385. The third kappa shape index (κ3) is 3.45. The monoisotopic (exact) mass is 295 g/mol. The molecule has 0 aromatic heterocycles. The van der Waals surface area contributed by atoms with Gasteiger partial charge in [-0.15, -0.1) is 0 Å². The van der Waals surface area contributed by atoms with Crippen LogP contribution in [0.15, 0.2) is 18.2 Å². The Kier molecular flexibility index (Phi) is 5.47. The number of benzene rings is 1. The van der Waals surface area contributed by atoms with E-state index in [0.717, 1.165) is 0 Å². The second kappa shape index (κ2) is 6.87. The van der Waals surface area contributed by atoms with Crippen LogP contribution in [0.25, 0.3) is 0 Å². The quantitative estimate of drug-likeness (QED) is 0.617. The Morgan fingerprint density at radius 1 is 1.60 bits per heavy atom. The van der Waals surface area contributed by atoms with Crippen molar-refractivity contribution in [1.29, 1.82) is 5.26 Å². The standard InChI is InChI=1S/C13H14ClN3O3/c1-3-16(8-9(2)7-15)13(18)10-5-4-6-11(12(10)14)17(19)20/h4-6,9H,3,8H2,1-2H3. The van der Waals surface area contributed by atoms with Gasteiger partial charge in [-0.1, -0.05) is 17.7 Å². The van der Waals surface area contributed by atoms with E-state index in [9.17, 15) is 14.9 Å². The van der Waals surface area contributed by atoms with E-state index in [1.54, 1.807) is 13.8 Å². The van der Waals surface area contributed by atoms with Crippen LogP contribution in [0, 0.1) is 27.4 Å². The van der Waals surface area contributed by atoms with E-state index < -0.39 is 10.8 Å². The highest BCUT2D eigenvalue weighted by Gasteiger charge is 2.23. The van der Waals surface area contributed by atoms with E-state index >= 15 is 0 Å². The topological polar surface area (TPSA) is 87.2 Å². The molecular weight excluding hydrogens is 282 g/mol. The number of nitro benzene ring substituents is 1. The fourth-order valence-corrected chi connectivity index (χ4v) is 2.00. The Hall–Kier alpha value is -2.13. The summed E-state index contributed by atoms with van der Waals surface area (Å²) in [4.78, 5) is 24.0. The van der Waals surface area contributed by atoms with Crippen molar-refractivity contribution in [2.24, 2.45) is 5.92 Å². The van der Waals surface area contributed by atoms with Crippen LogP contribution in [0.1, 0.15) is 24.2 Å². The molecule has 0 fully saturated rings. The minimum absolute atomic E-state index is 0.0767. The van der Waals surface area contributed by atoms with Gasteiger partial charge in [-0.05, 0) is 19.9 Å². The molecule has 0 heterocycles. The third-order valence-electron chi connectivity index (χ3n) is 2.79. The van der Waals surface area contributed by atoms with Crippen molar-refractivity contribution in [2.45, 2.75) is 13.8 Å².